The highest BCUT2D eigenvalue weighted by atomic mass is 79.9. The van der Waals surface area contributed by atoms with E-state index in [9.17, 15) is 8.42 Å². The molecule has 0 amide bonds. The van der Waals surface area contributed by atoms with E-state index >= 15 is 0 Å². The third-order valence-electron chi connectivity index (χ3n) is 0.803. The predicted octanol–water partition coefficient (Wildman–Crippen LogP) is 2.18. The summed E-state index contributed by atoms with van der Waals surface area (Å²) < 4.78 is 29.9. The van der Waals surface area contributed by atoms with E-state index in [0.29, 0.717) is 3.79 Å². The molecule has 64 valence electrons. The molecule has 0 aliphatic carbocycles. The summed E-state index contributed by atoms with van der Waals surface area (Å²) in [7, 11) is -3.99. The summed E-state index contributed by atoms with van der Waals surface area (Å²) in [5, 5.41) is 0. The van der Waals surface area contributed by atoms with Gasteiger partial charge < -0.3 is 0 Å². The van der Waals surface area contributed by atoms with Crippen molar-refractivity contribution >= 4 is 49.8 Å². The van der Waals surface area contributed by atoms with Crippen LogP contribution in [0, 0.1) is 0 Å². The molecule has 0 saturated heterocycles. The largest absolute Gasteiger partial charge is 0.304 e. The van der Waals surface area contributed by atoms with E-state index in [1.54, 1.807) is 6.07 Å². The van der Waals surface area contributed by atoms with Crippen molar-refractivity contribution in [3.63, 3.8) is 0 Å². The van der Waals surface area contributed by atoms with Gasteiger partial charge in [0.15, 0.2) is 0 Å². The Morgan fingerprint density at radius 1 is 1.45 bits per heavy atom. The van der Waals surface area contributed by atoms with Gasteiger partial charge in [-0.05, 0) is 28.1 Å². The minimum absolute atomic E-state index is 0. The fraction of sp³-hybridized carbons (Fsp3) is 0. The van der Waals surface area contributed by atoms with Crippen LogP contribution in [0.3, 0.4) is 0 Å². The van der Waals surface area contributed by atoms with Crippen LogP contribution in [0.1, 0.15) is 0 Å². The Balaban J connectivity index is 0.000001000. The van der Waals surface area contributed by atoms with Gasteiger partial charge in [-0.25, -0.2) is 0 Å². The van der Waals surface area contributed by atoms with Crippen molar-refractivity contribution in [1.29, 1.82) is 0 Å². The second-order valence-corrected chi connectivity index (χ2v) is 5.65. The van der Waals surface area contributed by atoms with E-state index in [1.165, 1.54) is 6.07 Å². The Bertz CT molecular complexity index is 331. The molecule has 0 atom stereocenters. The normalized spacial score (nSPS) is 10.7. The number of hydrogen-bond acceptors (Lipinski definition) is 3. The fourth-order valence-corrected chi connectivity index (χ4v) is 2.81. The van der Waals surface area contributed by atoms with Gasteiger partial charge >= 0.3 is 10.1 Å². The van der Waals surface area contributed by atoms with Crippen LogP contribution in [0.5, 0.6) is 0 Å². The maximum absolute atomic E-state index is 10.4. The van der Waals surface area contributed by atoms with E-state index in [2.05, 4.69) is 15.9 Å². The molecule has 11 heavy (non-hydrogen) atoms. The van der Waals surface area contributed by atoms with Crippen LogP contribution >= 0.6 is 39.7 Å². The lowest BCUT2D eigenvalue weighted by atomic mass is 10.7. The third kappa shape index (κ3) is 3.08. The molecular formula is C4H4BrClO3S2. The average molecular weight is 280 g/mol. The summed E-state index contributed by atoms with van der Waals surface area (Å²) in [5.74, 6) is 0. The molecule has 1 N–H and O–H groups in total. The molecule has 0 bridgehead atoms. The standard InChI is InChI=1S/C4H3BrO3S2.ClH/c5-3-1-2-4(9-3)10(6,7)8;/h1-2H,(H,6,7,8);1H. The molecule has 0 saturated carbocycles. The van der Waals surface area contributed by atoms with Crippen LogP contribution < -0.4 is 0 Å². The Morgan fingerprint density at radius 3 is 2.18 bits per heavy atom. The fourth-order valence-electron chi connectivity index (χ4n) is 0.436. The predicted molar refractivity (Wildman–Crippen MR) is 49.1 cm³/mol. The SMILES string of the molecule is Cl.O=S(=O)(O)c1ccc(Br)s1. The molecule has 0 unspecified atom stereocenters. The third-order valence-corrected chi connectivity index (χ3v) is 3.75. The van der Waals surface area contributed by atoms with Gasteiger partial charge in [-0.2, -0.15) is 8.42 Å². The topological polar surface area (TPSA) is 54.4 Å². The Hall–Kier alpha value is 0.380. The summed E-state index contributed by atoms with van der Waals surface area (Å²) in [6, 6.07) is 2.90. The lowest BCUT2D eigenvalue weighted by Gasteiger charge is -1.85. The van der Waals surface area contributed by atoms with Crippen molar-refractivity contribution in [2.45, 2.75) is 4.21 Å². The van der Waals surface area contributed by atoms with Crippen LogP contribution in [-0.2, 0) is 10.1 Å². The molecule has 0 aromatic carbocycles. The van der Waals surface area contributed by atoms with Crippen LogP contribution in [0.2, 0.25) is 0 Å². The first kappa shape index (κ1) is 11.4. The highest BCUT2D eigenvalue weighted by molar-refractivity contribution is 9.11. The maximum atomic E-state index is 10.4. The van der Waals surface area contributed by atoms with Crippen molar-refractivity contribution in [2.24, 2.45) is 0 Å². The van der Waals surface area contributed by atoms with Crippen LogP contribution in [0.15, 0.2) is 20.1 Å². The van der Waals surface area contributed by atoms with Crippen molar-refractivity contribution in [1.82, 2.24) is 0 Å². The van der Waals surface area contributed by atoms with Crippen LogP contribution in [0.25, 0.3) is 0 Å². The molecule has 0 radical (unpaired) electrons. The first-order chi connectivity index (χ1) is 4.50. The van der Waals surface area contributed by atoms with E-state index in [1.807, 2.05) is 0 Å². The average Bonchev–Trinajstić information content (AvgIpc) is 2.11. The van der Waals surface area contributed by atoms with Gasteiger partial charge in [-0.1, -0.05) is 0 Å². The zero-order chi connectivity index (χ0) is 7.78. The van der Waals surface area contributed by atoms with Crippen LogP contribution in [0.4, 0.5) is 0 Å². The van der Waals surface area contributed by atoms with E-state index < -0.39 is 10.1 Å². The first-order valence-corrected chi connectivity index (χ1v) is 5.28. The molecule has 0 spiro atoms. The molecular weight excluding hydrogens is 276 g/mol. The highest BCUT2D eigenvalue weighted by Gasteiger charge is 2.10. The lowest BCUT2D eigenvalue weighted by molar-refractivity contribution is 0.485. The molecule has 0 aliphatic rings. The number of halogens is 2. The summed E-state index contributed by atoms with van der Waals surface area (Å²) in [5.41, 5.74) is 0. The minimum Gasteiger partial charge on any atom is -0.281 e. The molecule has 3 nitrogen and oxygen atoms in total. The van der Waals surface area contributed by atoms with Crippen molar-refractivity contribution in [2.75, 3.05) is 0 Å². The van der Waals surface area contributed by atoms with E-state index in [0.717, 1.165) is 11.3 Å². The molecule has 7 heteroatoms. The quantitative estimate of drug-likeness (QED) is 0.802. The van der Waals surface area contributed by atoms with Crippen LogP contribution in [-0.4, -0.2) is 13.0 Å². The molecule has 1 aromatic rings. The number of hydrogen-bond donors (Lipinski definition) is 1. The van der Waals surface area contributed by atoms with Gasteiger partial charge in [0, 0.05) is 0 Å². The zero-order valence-electron chi connectivity index (χ0n) is 5.02. The Labute approximate surface area is 82.7 Å². The van der Waals surface area contributed by atoms with Gasteiger partial charge in [-0.3, -0.25) is 4.55 Å². The summed E-state index contributed by atoms with van der Waals surface area (Å²) in [6.07, 6.45) is 0. The van der Waals surface area contributed by atoms with Gasteiger partial charge in [0.05, 0.1) is 3.79 Å². The summed E-state index contributed by atoms with van der Waals surface area (Å²) in [6.45, 7) is 0. The molecule has 1 rings (SSSR count). The molecule has 0 fully saturated rings. The van der Waals surface area contributed by atoms with E-state index in [4.69, 9.17) is 4.55 Å². The Kier molecular flexibility index (Phi) is 3.99. The highest BCUT2D eigenvalue weighted by Crippen LogP contribution is 2.25. The van der Waals surface area contributed by atoms with Gasteiger partial charge in [-0.15, -0.1) is 23.7 Å². The second-order valence-electron chi connectivity index (χ2n) is 1.53. The minimum atomic E-state index is -3.99. The summed E-state index contributed by atoms with van der Waals surface area (Å²) in [4.78, 5) is 0. The maximum Gasteiger partial charge on any atom is 0.304 e. The monoisotopic (exact) mass is 278 g/mol. The second kappa shape index (κ2) is 3.86. The zero-order valence-corrected chi connectivity index (χ0v) is 9.06. The van der Waals surface area contributed by atoms with Crippen molar-refractivity contribution < 1.29 is 13.0 Å². The summed E-state index contributed by atoms with van der Waals surface area (Å²) >= 11 is 4.04. The molecule has 1 aromatic heterocycles. The first-order valence-electron chi connectivity index (χ1n) is 2.23. The number of thiophene rings is 1. The van der Waals surface area contributed by atoms with Crippen molar-refractivity contribution in [3.8, 4) is 0 Å². The molecule has 0 aliphatic heterocycles. The smallest absolute Gasteiger partial charge is 0.281 e. The van der Waals surface area contributed by atoms with Gasteiger partial charge in [0.25, 0.3) is 0 Å². The van der Waals surface area contributed by atoms with Gasteiger partial charge in [0.1, 0.15) is 4.21 Å². The number of rotatable bonds is 1. The molecule has 1 heterocycles. The lowest BCUT2D eigenvalue weighted by Crippen LogP contribution is -1.92. The van der Waals surface area contributed by atoms with Gasteiger partial charge in [0.2, 0.25) is 0 Å². The van der Waals surface area contributed by atoms with Crippen molar-refractivity contribution in [3.05, 3.63) is 15.9 Å². The van der Waals surface area contributed by atoms with E-state index in [-0.39, 0.29) is 16.6 Å². The Morgan fingerprint density at radius 2 is 2.00 bits per heavy atom.